The minimum Gasteiger partial charge on any atom is -0.277 e. The van der Waals surface area contributed by atoms with E-state index in [9.17, 15) is 0 Å². The van der Waals surface area contributed by atoms with E-state index in [1.54, 1.807) is 0 Å². The van der Waals surface area contributed by atoms with Crippen molar-refractivity contribution in [3.05, 3.63) is 355 Å². The molecule has 0 bridgehead atoms. The number of fused-ring (bicyclic) bond motifs is 17. The lowest BCUT2D eigenvalue weighted by Crippen LogP contribution is -2.25. The van der Waals surface area contributed by atoms with Gasteiger partial charge in [0.25, 0.3) is 0 Å². The summed E-state index contributed by atoms with van der Waals surface area (Å²) in [5, 5.41) is 2.27. The highest BCUT2D eigenvalue weighted by Gasteiger charge is 2.53. The first-order valence-electron chi connectivity index (χ1n) is 32.8. The van der Waals surface area contributed by atoms with Gasteiger partial charge in [0.15, 0.2) is 29.1 Å². The molecule has 3 aliphatic carbocycles. The van der Waals surface area contributed by atoms with E-state index in [1.165, 1.54) is 72.3 Å². The molecule has 1 spiro atoms. The molecule has 96 heavy (non-hydrogen) atoms. The lowest BCUT2D eigenvalue weighted by molar-refractivity contribution is 0.660. The van der Waals surface area contributed by atoms with Gasteiger partial charge in [0.1, 0.15) is 0 Å². The Morgan fingerprint density at radius 3 is 1.57 bits per heavy atom. The van der Waals surface area contributed by atoms with Crippen molar-refractivity contribution in [1.29, 1.82) is 0 Å². The normalized spacial score (nSPS) is 14.7. The van der Waals surface area contributed by atoms with Crippen molar-refractivity contribution < 1.29 is 0 Å². The third-order valence-corrected chi connectivity index (χ3v) is 20.0. The standard InChI is InChI=1S/C89H61N7/c1-5-26-60(56-27-10-6-11-28-56)51-55(2)82-90-85(63-36-24-35-61(52-63)57-29-12-7-13-30-57)93-86(91-82)64-45-47-66-71-53-62(46-49-72(71)88(3,4)77(66)54-64)65-40-25-43-75-79(65)69-38-18-21-41-73(69)89(75)74-42-22-19-39-70(74)80-76(89)50-48-68-67-37-20-23-44-78(67)96(81(68)80)87-94-83(58-31-14-8-15-32-58)92-84(95-87)59-33-16-9-17-34-59/h5-54H,1H2,2-4H3/b55-51+,60-26+. The van der Waals surface area contributed by atoms with Crippen molar-refractivity contribution in [2.75, 3.05) is 0 Å². The minimum absolute atomic E-state index is 0.342. The Kier molecular flexibility index (Phi) is 13.0. The Balaban J connectivity index is 0.784. The lowest BCUT2D eigenvalue weighted by Gasteiger charge is -2.30. The zero-order chi connectivity index (χ0) is 64.2. The third-order valence-electron chi connectivity index (χ3n) is 20.0. The summed E-state index contributed by atoms with van der Waals surface area (Å²) < 4.78 is 2.31. The van der Waals surface area contributed by atoms with Crippen LogP contribution in [0.15, 0.2) is 310 Å². The number of hydrogen-bond acceptors (Lipinski definition) is 6. The fourth-order valence-electron chi connectivity index (χ4n) is 15.7. The van der Waals surface area contributed by atoms with Crippen LogP contribution in [0.25, 0.3) is 140 Å². The molecule has 0 saturated carbocycles. The summed E-state index contributed by atoms with van der Waals surface area (Å²) in [6.07, 6.45) is 6.01. The van der Waals surface area contributed by atoms with Crippen LogP contribution >= 0.6 is 0 Å². The third kappa shape index (κ3) is 8.74. The molecular formula is C89H61N7. The molecule has 3 aromatic heterocycles. The molecule has 12 aromatic carbocycles. The summed E-state index contributed by atoms with van der Waals surface area (Å²) in [5.41, 5.74) is 27.2. The summed E-state index contributed by atoms with van der Waals surface area (Å²) in [6, 6.07) is 102. The monoisotopic (exact) mass is 1230 g/mol. The first-order valence-corrected chi connectivity index (χ1v) is 32.8. The zero-order valence-corrected chi connectivity index (χ0v) is 53.2. The summed E-state index contributed by atoms with van der Waals surface area (Å²) in [6.45, 7) is 10.8. The van der Waals surface area contributed by atoms with Crippen LogP contribution in [0, 0.1) is 0 Å². The fraction of sp³-hybridized carbons (Fsp3) is 0.0562. The van der Waals surface area contributed by atoms with E-state index in [0.717, 1.165) is 77.5 Å². The van der Waals surface area contributed by atoms with Crippen LogP contribution in [-0.2, 0) is 10.8 Å². The molecule has 0 radical (unpaired) electrons. The second-order valence-corrected chi connectivity index (χ2v) is 25.8. The van der Waals surface area contributed by atoms with Gasteiger partial charge < -0.3 is 0 Å². The molecule has 0 aliphatic heterocycles. The molecule has 0 amide bonds. The summed E-state index contributed by atoms with van der Waals surface area (Å²) in [4.78, 5) is 31.8. The molecule has 0 fully saturated rings. The smallest absolute Gasteiger partial charge is 0.238 e. The predicted molar refractivity (Wildman–Crippen MR) is 392 cm³/mol. The Morgan fingerprint density at radius 1 is 0.365 bits per heavy atom. The van der Waals surface area contributed by atoms with E-state index in [4.69, 9.17) is 29.9 Å². The van der Waals surface area contributed by atoms with Gasteiger partial charge in [-0.25, -0.2) is 19.9 Å². The number of allylic oxidation sites excluding steroid dienone is 5. The first-order chi connectivity index (χ1) is 47.2. The molecule has 3 aliphatic rings. The Labute approximate surface area is 557 Å². The number of hydrogen-bond donors (Lipinski definition) is 0. The van der Waals surface area contributed by atoms with Crippen LogP contribution in [0.4, 0.5) is 0 Å². The fourth-order valence-corrected chi connectivity index (χ4v) is 15.7. The second kappa shape index (κ2) is 22.2. The van der Waals surface area contributed by atoms with Gasteiger partial charge >= 0.3 is 0 Å². The number of benzene rings is 12. The van der Waals surface area contributed by atoms with Gasteiger partial charge in [0.05, 0.1) is 16.4 Å². The molecule has 452 valence electrons. The van der Waals surface area contributed by atoms with Gasteiger partial charge in [-0.2, -0.15) is 9.97 Å². The summed E-state index contributed by atoms with van der Waals surface area (Å²) >= 11 is 0. The van der Waals surface area contributed by atoms with E-state index in [-0.39, 0.29) is 5.41 Å². The first kappa shape index (κ1) is 56.4. The van der Waals surface area contributed by atoms with Crippen LogP contribution < -0.4 is 0 Å². The van der Waals surface area contributed by atoms with Gasteiger partial charge in [-0.3, -0.25) is 4.57 Å². The highest BCUT2D eigenvalue weighted by atomic mass is 15.2. The number of nitrogens with zero attached hydrogens (tertiary/aromatic N) is 7. The van der Waals surface area contributed by atoms with Crippen LogP contribution in [-0.4, -0.2) is 34.5 Å². The molecule has 0 saturated heterocycles. The van der Waals surface area contributed by atoms with E-state index in [1.807, 2.05) is 60.7 Å². The van der Waals surface area contributed by atoms with Crippen molar-refractivity contribution in [1.82, 2.24) is 34.5 Å². The van der Waals surface area contributed by atoms with E-state index < -0.39 is 5.41 Å². The Hall–Kier alpha value is -12.3. The van der Waals surface area contributed by atoms with Gasteiger partial charge in [0.2, 0.25) is 5.95 Å². The molecule has 1 atom stereocenters. The van der Waals surface area contributed by atoms with Crippen LogP contribution in [0.5, 0.6) is 0 Å². The minimum atomic E-state index is -0.658. The van der Waals surface area contributed by atoms with E-state index >= 15 is 0 Å². The molecule has 18 rings (SSSR count). The Bertz CT molecular complexity index is 5710. The highest BCUT2D eigenvalue weighted by molar-refractivity contribution is 6.17. The molecule has 15 aromatic rings. The van der Waals surface area contributed by atoms with E-state index in [2.05, 4.69) is 275 Å². The van der Waals surface area contributed by atoms with E-state index in [0.29, 0.717) is 35.1 Å². The van der Waals surface area contributed by atoms with Gasteiger partial charge in [0, 0.05) is 44.0 Å². The average molecular weight is 1230 g/mol. The van der Waals surface area contributed by atoms with Gasteiger partial charge in [-0.05, 0) is 137 Å². The highest BCUT2D eigenvalue weighted by Crippen LogP contribution is 2.66. The van der Waals surface area contributed by atoms with Crippen molar-refractivity contribution >= 4 is 33.0 Å². The molecule has 7 heteroatoms. The molecule has 3 heterocycles. The summed E-state index contributed by atoms with van der Waals surface area (Å²) in [5.74, 6) is 3.62. The number of rotatable bonds is 11. The van der Waals surface area contributed by atoms with Crippen LogP contribution in [0.2, 0.25) is 0 Å². The maximum absolute atomic E-state index is 5.41. The van der Waals surface area contributed by atoms with Crippen molar-refractivity contribution in [3.63, 3.8) is 0 Å². The molecule has 1 unspecified atom stereocenters. The molecule has 7 nitrogen and oxygen atoms in total. The lowest BCUT2D eigenvalue weighted by atomic mass is 9.70. The van der Waals surface area contributed by atoms with Crippen LogP contribution in [0.3, 0.4) is 0 Å². The number of aromatic nitrogens is 7. The topological polar surface area (TPSA) is 82.3 Å². The van der Waals surface area contributed by atoms with Gasteiger partial charge in [-0.1, -0.05) is 293 Å². The largest absolute Gasteiger partial charge is 0.277 e. The quantitative estimate of drug-likeness (QED) is 0.120. The second-order valence-electron chi connectivity index (χ2n) is 25.8. The average Bonchev–Trinajstić information content (AvgIpc) is 1.50. The van der Waals surface area contributed by atoms with Crippen molar-refractivity contribution in [2.45, 2.75) is 31.6 Å². The predicted octanol–water partition coefficient (Wildman–Crippen LogP) is 21.5. The van der Waals surface area contributed by atoms with Crippen molar-refractivity contribution in [3.8, 4) is 107 Å². The van der Waals surface area contributed by atoms with Crippen molar-refractivity contribution in [2.24, 2.45) is 0 Å². The SMILES string of the molecule is C=C/C=C(\C=C(/C)c1nc(-c2cccc(-c3ccccc3)c2)nc(-c2ccc3c(c2)C(C)(C)c2ccc(-c4cccc5c4-c4ccccc4C54c5ccccc5-c5c4ccc4c6ccccc6n(-c6nc(-c7ccccc7)nc(-c7ccccc7)n6)c54)cc2-3)n1)c1ccccc1. The van der Waals surface area contributed by atoms with Gasteiger partial charge in [-0.15, -0.1) is 0 Å². The summed E-state index contributed by atoms with van der Waals surface area (Å²) in [7, 11) is 0. The zero-order valence-electron chi connectivity index (χ0n) is 53.2. The molecular weight excluding hydrogens is 1170 g/mol. The molecule has 0 N–H and O–H groups in total. The Morgan fingerprint density at radius 2 is 0.885 bits per heavy atom. The number of para-hydroxylation sites is 1. The maximum Gasteiger partial charge on any atom is 0.238 e. The van der Waals surface area contributed by atoms with Crippen LogP contribution in [0.1, 0.15) is 65.5 Å². The maximum atomic E-state index is 5.41.